The van der Waals surface area contributed by atoms with Crippen LogP contribution >= 0.6 is 0 Å². The van der Waals surface area contributed by atoms with Crippen molar-refractivity contribution in [1.82, 2.24) is 9.97 Å². The number of rotatable bonds is 6. The molecule has 0 aliphatic rings. The van der Waals surface area contributed by atoms with Crippen LogP contribution < -0.4 is 11.1 Å². The van der Waals surface area contributed by atoms with Crippen molar-refractivity contribution < 1.29 is 22.7 Å². The number of aryl methyl sites for hydroxylation is 1. The van der Waals surface area contributed by atoms with Crippen LogP contribution in [0, 0.1) is 6.92 Å². The molecule has 0 saturated carbocycles. The standard InChI is InChI=1S/C19H20F3N5O2/c1-11-9-25-18(26-15(8-23)10-24-12(2)19(20,21)22)27-16(11)13-4-6-14(7-5-13)17(28)29-3/h4-10,12H,23H2,1-3H3,(H,25,26,27). The van der Waals surface area contributed by atoms with Gasteiger partial charge in [0.05, 0.1) is 24.1 Å². The van der Waals surface area contributed by atoms with Gasteiger partial charge in [-0.1, -0.05) is 12.1 Å². The summed E-state index contributed by atoms with van der Waals surface area (Å²) in [5.74, 6) is -0.325. The highest BCUT2D eigenvalue weighted by Gasteiger charge is 2.35. The Morgan fingerprint density at radius 3 is 2.52 bits per heavy atom. The smallest absolute Gasteiger partial charge is 0.410 e. The number of nitrogens with zero attached hydrogens (tertiary/aromatic N) is 3. The molecule has 0 spiro atoms. The fourth-order valence-electron chi connectivity index (χ4n) is 2.20. The number of esters is 1. The number of anilines is 1. The van der Waals surface area contributed by atoms with E-state index in [2.05, 4.69) is 25.0 Å². The second-order valence-corrected chi connectivity index (χ2v) is 6.04. The monoisotopic (exact) mass is 407 g/mol. The van der Waals surface area contributed by atoms with Crippen molar-refractivity contribution in [3.63, 3.8) is 0 Å². The average molecular weight is 407 g/mol. The Hall–Kier alpha value is -3.43. The van der Waals surface area contributed by atoms with Crippen LogP contribution in [0.5, 0.6) is 0 Å². The summed E-state index contributed by atoms with van der Waals surface area (Å²) in [5.41, 5.74) is 8.02. The van der Waals surface area contributed by atoms with Gasteiger partial charge in [0, 0.05) is 24.2 Å². The molecule has 0 amide bonds. The highest BCUT2D eigenvalue weighted by atomic mass is 19.4. The lowest BCUT2D eigenvalue weighted by atomic mass is 10.1. The minimum Gasteiger partial charge on any atom is -0.465 e. The number of benzene rings is 1. The molecule has 0 fully saturated rings. The van der Waals surface area contributed by atoms with E-state index in [4.69, 9.17) is 5.73 Å². The number of nitrogens with one attached hydrogen (secondary N) is 1. The molecule has 2 rings (SSSR count). The minimum absolute atomic E-state index is 0.108. The van der Waals surface area contributed by atoms with Crippen molar-refractivity contribution in [3.05, 3.63) is 53.5 Å². The molecule has 0 aliphatic heterocycles. The van der Waals surface area contributed by atoms with E-state index in [0.29, 0.717) is 11.3 Å². The second-order valence-electron chi connectivity index (χ2n) is 6.04. The Balaban J connectivity index is 2.24. The number of halogens is 3. The van der Waals surface area contributed by atoms with Crippen molar-refractivity contribution in [2.75, 3.05) is 12.4 Å². The summed E-state index contributed by atoms with van der Waals surface area (Å²) >= 11 is 0. The van der Waals surface area contributed by atoms with Gasteiger partial charge in [-0.05, 0) is 31.5 Å². The number of aromatic nitrogens is 2. The van der Waals surface area contributed by atoms with Crippen LogP contribution in [0.25, 0.3) is 11.3 Å². The molecule has 2 aromatic rings. The van der Waals surface area contributed by atoms with Crippen LogP contribution in [0.4, 0.5) is 19.1 Å². The molecule has 1 aromatic heterocycles. The van der Waals surface area contributed by atoms with Crippen molar-refractivity contribution >= 4 is 18.1 Å². The molecule has 10 heteroatoms. The highest BCUT2D eigenvalue weighted by molar-refractivity contribution is 5.90. The number of alkyl halides is 3. The second kappa shape index (κ2) is 9.18. The van der Waals surface area contributed by atoms with Crippen LogP contribution in [0.3, 0.4) is 0 Å². The lowest BCUT2D eigenvalue weighted by Crippen LogP contribution is -2.24. The maximum Gasteiger partial charge on any atom is 0.410 e. The Bertz CT molecular complexity index is 924. The van der Waals surface area contributed by atoms with E-state index in [1.165, 1.54) is 7.11 Å². The molecule has 154 valence electrons. The average Bonchev–Trinajstić information content (AvgIpc) is 2.70. The summed E-state index contributed by atoms with van der Waals surface area (Å²) in [6.07, 6.45) is -0.838. The molecule has 1 unspecified atom stereocenters. The summed E-state index contributed by atoms with van der Waals surface area (Å²) in [6.45, 7) is 2.74. The summed E-state index contributed by atoms with van der Waals surface area (Å²) in [6, 6.07) is 4.75. The predicted molar refractivity (Wildman–Crippen MR) is 103 cm³/mol. The van der Waals surface area contributed by atoms with Crippen molar-refractivity contribution in [3.8, 4) is 11.3 Å². The van der Waals surface area contributed by atoms with Crippen molar-refractivity contribution in [1.29, 1.82) is 0 Å². The van der Waals surface area contributed by atoms with Gasteiger partial charge in [0.15, 0.2) is 0 Å². The molecular formula is C19H20F3N5O2. The number of ether oxygens (including phenoxy) is 1. The van der Waals surface area contributed by atoms with Gasteiger partial charge >= 0.3 is 12.1 Å². The molecule has 1 atom stereocenters. The van der Waals surface area contributed by atoms with Crippen LogP contribution in [0.1, 0.15) is 22.8 Å². The number of allylic oxidation sites excluding steroid dienone is 1. The lowest BCUT2D eigenvalue weighted by molar-refractivity contribution is -0.142. The van der Waals surface area contributed by atoms with Gasteiger partial charge in [0.1, 0.15) is 6.04 Å². The zero-order valence-electron chi connectivity index (χ0n) is 16.0. The van der Waals surface area contributed by atoms with E-state index in [-0.39, 0.29) is 11.6 Å². The fourth-order valence-corrected chi connectivity index (χ4v) is 2.20. The number of carbonyl (C=O) groups excluding carboxylic acids is 1. The van der Waals surface area contributed by atoms with E-state index in [0.717, 1.165) is 30.5 Å². The first-order valence-corrected chi connectivity index (χ1v) is 8.47. The predicted octanol–water partition coefficient (Wildman–Crippen LogP) is 3.47. The van der Waals surface area contributed by atoms with Gasteiger partial charge in [-0.25, -0.2) is 14.8 Å². The number of aliphatic imine (C=N–C) groups is 1. The van der Waals surface area contributed by atoms with Crippen LogP contribution in [-0.4, -0.2) is 41.5 Å². The summed E-state index contributed by atoms with van der Waals surface area (Å²) in [5, 5.41) is 2.73. The van der Waals surface area contributed by atoms with Gasteiger partial charge in [0.25, 0.3) is 0 Å². The van der Waals surface area contributed by atoms with Crippen LogP contribution in [-0.2, 0) is 4.74 Å². The maximum absolute atomic E-state index is 12.6. The van der Waals surface area contributed by atoms with Crippen LogP contribution in [0.15, 0.2) is 47.4 Å². The SMILES string of the molecule is COC(=O)c1ccc(-c2nc(NC(C=NC(C)C(F)(F)F)=CN)ncc2C)cc1. The minimum atomic E-state index is -4.44. The van der Waals surface area contributed by atoms with E-state index < -0.39 is 18.2 Å². The van der Waals surface area contributed by atoms with Gasteiger partial charge in [-0.2, -0.15) is 13.2 Å². The number of hydrogen-bond acceptors (Lipinski definition) is 7. The summed E-state index contributed by atoms with van der Waals surface area (Å²) in [4.78, 5) is 23.5. The van der Waals surface area contributed by atoms with E-state index in [1.54, 1.807) is 37.4 Å². The summed E-state index contributed by atoms with van der Waals surface area (Å²) < 4.78 is 42.4. The van der Waals surface area contributed by atoms with Crippen LogP contribution in [0.2, 0.25) is 0 Å². The number of methoxy groups -OCH3 is 1. The third-order valence-electron chi connectivity index (χ3n) is 3.90. The first-order chi connectivity index (χ1) is 13.7. The molecule has 7 nitrogen and oxygen atoms in total. The largest absolute Gasteiger partial charge is 0.465 e. The van der Waals surface area contributed by atoms with E-state index in [9.17, 15) is 18.0 Å². The Morgan fingerprint density at radius 1 is 1.31 bits per heavy atom. The Morgan fingerprint density at radius 2 is 1.97 bits per heavy atom. The highest BCUT2D eigenvalue weighted by Crippen LogP contribution is 2.24. The molecule has 0 radical (unpaired) electrons. The van der Waals surface area contributed by atoms with Gasteiger partial charge in [0.2, 0.25) is 5.95 Å². The molecular weight excluding hydrogens is 387 g/mol. The maximum atomic E-state index is 12.6. The Labute approximate surface area is 165 Å². The topological polar surface area (TPSA) is 102 Å². The molecule has 1 aromatic carbocycles. The quantitative estimate of drug-likeness (QED) is 0.562. The number of carbonyl (C=O) groups is 1. The lowest BCUT2D eigenvalue weighted by Gasteiger charge is -2.12. The molecule has 3 N–H and O–H groups in total. The molecule has 0 saturated heterocycles. The normalized spacial score (nSPS) is 13.4. The fraction of sp³-hybridized carbons (Fsp3) is 0.263. The zero-order valence-corrected chi connectivity index (χ0v) is 16.0. The van der Waals surface area contributed by atoms with Gasteiger partial charge in [-0.3, -0.25) is 4.99 Å². The van der Waals surface area contributed by atoms with Crippen molar-refractivity contribution in [2.24, 2.45) is 10.7 Å². The first kappa shape index (κ1) is 21.9. The zero-order chi connectivity index (χ0) is 21.6. The molecule has 0 aliphatic carbocycles. The van der Waals surface area contributed by atoms with Gasteiger partial charge in [-0.15, -0.1) is 0 Å². The number of hydrogen-bond donors (Lipinski definition) is 2. The Kier molecular flexibility index (Phi) is 6.92. The molecule has 0 bridgehead atoms. The van der Waals surface area contributed by atoms with E-state index in [1.807, 2.05) is 0 Å². The first-order valence-electron chi connectivity index (χ1n) is 8.47. The number of nitrogens with two attached hydrogens (primary N) is 1. The van der Waals surface area contributed by atoms with Crippen molar-refractivity contribution in [2.45, 2.75) is 26.1 Å². The van der Waals surface area contributed by atoms with Gasteiger partial charge < -0.3 is 15.8 Å². The third-order valence-corrected chi connectivity index (χ3v) is 3.90. The molecule has 1 heterocycles. The van der Waals surface area contributed by atoms with E-state index >= 15 is 0 Å². The third kappa shape index (κ3) is 5.77. The summed E-state index contributed by atoms with van der Waals surface area (Å²) in [7, 11) is 1.30. The molecule has 29 heavy (non-hydrogen) atoms.